The number of carbonyl (C=O) groups is 2. The maximum absolute atomic E-state index is 13.0. The van der Waals surface area contributed by atoms with E-state index in [1.165, 1.54) is 22.2 Å². The molecule has 0 bridgehead atoms. The Morgan fingerprint density at radius 1 is 1.27 bits per heavy atom. The van der Waals surface area contributed by atoms with Crippen molar-refractivity contribution in [1.29, 1.82) is 0 Å². The Kier molecular flexibility index (Phi) is 6.94. The second-order valence-corrected chi connectivity index (χ2v) is 9.33. The minimum absolute atomic E-state index is 0.00701. The summed E-state index contributed by atoms with van der Waals surface area (Å²) < 4.78 is 1.69. The summed E-state index contributed by atoms with van der Waals surface area (Å²) in [5.41, 5.74) is 1.43. The van der Waals surface area contributed by atoms with Gasteiger partial charge in [0, 0.05) is 36.3 Å². The predicted octanol–water partition coefficient (Wildman–Crippen LogP) is 2.81. The molecule has 1 saturated heterocycles. The van der Waals surface area contributed by atoms with Crippen LogP contribution in [0.25, 0.3) is 10.3 Å². The van der Waals surface area contributed by atoms with Gasteiger partial charge in [0.25, 0.3) is 5.56 Å². The van der Waals surface area contributed by atoms with Gasteiger partial charge in [-0.25, -0.2) is 4.98 Å². The molecule has 0 atom stereocenters. The Bertz CT molecular complexity index is 1250. The molecule has 0 radical (unpaired) electrons. The number of nitrogens with one attached hydrogen (secondary N) is 2. The highest BCUT2D eigenvalue weighted by Crippen LogP contribution is 2.29. The quantitative estimate of drug-likeness (QED) is 0.552. The first kappa shape index (κ1) is 23.2. The molecular formula is C22H25ClN6O3S. The van der Waals surface area contributed by atoms with Crippen molar-refractivity contribution in [1.82, 2.24) is 19.9 Å². The van der Waals surface area contributed by atoms with Crippen molar-refractivity contribution >= 4 is 55.9 Å². The predicted molar refractivity (Wildman–Crippen MR) is 130 cm³/mol. The third-order valence-corrected chi connectivity index (χ3v) is 7.22. The number of anilines is 2. The van der Waals surface area contributed by atoms with Crippen LogP contribution in [0.3, 0.4) is 0 Å². The number of piperidine rings is 1. The van der Waals surface area contributed by atoms with E-state index in [0.29, 0.717) is 45.8 Å². The van der Waals surface area contributed by atoms with Gasteiger partial charge in [0.1, 0.15) is 17.6 Å². The third kappa shape index (κ3) is 5.01. The van der Waals surface area contributed by atoms with E-state index >= 15 is 0 Å². The molecule has 4 rings (SSSR count). The van der Waals surface area contributed by atoms with Crippen LogP contribution < -0.4 is 21.1 Å². The van der Waals surface area contributed by atoms with Crippen LogP contribution in [0.1, 0.15) is 25.3 Å². The van der Waals surface area contributed by atoms with Crippen molar-refractivity contribution in [3.8, 4) is 0 Å². The molecule has 11 heteroatoms. The van der Waals surface area contributed by atoms with Crippen LogP contribution in [0.2, 0.25) is 5.02 Å². The van der Waals surface area contributed by atoms with Crippen molar-refractivity contribution in [2.75, 3.05) is 29.9 Å². The maximum atomic E-state index is 13.0. The molecular weight excluding hydrogens is 464 g/mol. The van der Waals surface area contributed by atoms with Gasteiger partial charge in [0.2, 0.25) is 11.8 Å². The lowest BCUT2D eigenvalue weighted by molar-refractivity contribution is -0.125. The van der Waals surface area contributed by atoms with Gasteiger partial charge >= 0.3 is 0 Å². The summed E-state index contributed by atoms with van der Waals surface area (Å²) in [4.78, 5) is 48.4. The standard InChI is InChI=1S/C22H25ClN6O3S/c1-3-24-20(31)14-7-9-28(10-8-14)22-27-19-18(33-22)21(32)29(12-25-19)11-17(30)26-16-6-4-5-15(23)13(16)2/h4-6,12,14H,3,7-11H2,1-2H3,(H,24,31)(H,26,30). The molecule has 2 N–H and O–H groups in total. The Hall–Kier alpha value is -2.98. The molecule has 0 unspecified atom stereocenters. The number of hydrogen-bond acceptors (Lipinski definition) is 7. The molecule has 3 aromatic rings. The topological polar surface area (TPSA) is 109 Å². The molecule has 0 aliphatic carbocycles. The van der Waals surface area contributed by atoms with E-state index < -0.39 is 0 Å². The van der Waals surface area contributed by atoms with Crippen molar-refractivity contribution in [2.45, 2.75) is 33.2 Å². The average molecular weight is 489 g/mol. The molecule has 3 heterocycles. The highest BCUT2D eigenvalue weighted by atomic mass is 35.5. The number of carbonyl (C=O) groups excluding carboxylic acids is 2. The van der Waals surface area contributed by atoms with Gasteiger partial charge in [0.15, 0.2) is 10.8 Å². The number of nitrogens with zero attached hydrogens (tertiary/aromatic N) is 4. The average Bonchev–Trinajstić information content (AvgIpc) is 3.24. The van der Waals surface area contributed by atoms with Crippen LogP contribution in [0.5, 0.6) is 0 Å². The van der Waals surface area contributed by atoms with Crippen molar-refractivity contribution in [3.05, 3.63) is 45.5 Å². The summed E-state index contributed by atoms with van der Waals surface area (Å²) in [5, 5.41) is 6.93. The number of fused-ring (bicyclic) bond motifs is 1. The van der Waals surface area contributed by atoms with Gasteiger partial charge in [-0.2, -0.15) is 4.98 Å². The Morgan fingerprint density at radius 2 is 2.03 bits per heavy atom. The lowest BCUT2D eigenvalue weighted by Gasteiger charge is -2.30. The number of halogens is 1. The van der Waals surface area contributed by atoms with Crippen LogP contribution >= 0.6 is 22.9 Å². The van der Waals surface area contributed by atoms with Crippen molar-refractivity contribution in [2.24, 2.45) is 5.92 Å². The van der Waals surface area contributed by atoms with Crippen LogP contribution in [0.15, 0.2) is 29.3 Å². The van der Waals surface area contributed by atoms with E-state index in [1.807, 2.05) is 13.8 Å². The Balaban J connectivity index is 1.46. The van der Waals surface area contributed by atoms with Gasteiger partial charge in [-0.1, -0.05) is 29.0 Å². The highest BCUT2D eigenvalue weighted by molar-refractivity contribution is 7.22. The second-order valence-electron chi connectivity index (χ2n) is 7.94. The minimum Gasteiger partial charge on any atom is -0.356 e. The fourth-order valence-corrected chi connectivity index (χ4v) is 5.02. The zero-order chi connectivity index (χ0) is 23.5. The van der Waals surface area contributed by atoms with E-state index in [0.717, 1.165) is 18.4 Å². The highest BCUT2D eigenvalue weighted by Gasteiger charge is 2.26. The summed E-state index contributed by atoms with van der Waals surface area (Å²) >= 11 is 7.38. The summed E-state index contributed by atoms with van der Waals surface area (Å²) in [5.74, 6) is -0.245. The Morgan fingerprint density at radius 3 is 2.76 bits per heavy atom. The molecule has 0 saturated carbocycles. The molecule has 174 valence electrons. The smallest absolute Gasteiger partial charge is 0.273 e. The van der Waals surface area contributed by atoms with E-state index in [9.17, 15) is 14.4 Å². The molecule has 1 aliphatic rings. The third-order valence-electron chi connectivity index (χ3n) is 5.72. The molecule has 9 nitrogen and oxygen atoms in total. The molecule has 1 aliphatic heterocycles. The normalized spacial score (nSPS) is 14.5. The van der Waals surface area contributed by atoms with E-state index in [-0.39, 0.29) is 29.8 Å². The lowest BCUT2D eigenvalue weighted by atomic mass is 9.96. The first-order valence-corrected chi connectivity index (χ1v) is 12.0. The number of thiazole rings is 1. The lowest BCUT2D eigenvalue weighted by Crippen LogP contribution is -2.40. The summed E-state index contributed by atoms with van der Waals surface area (Å²) in [6.45, 7) is 5.57. The number of amides is 2. The molecule has 2 amide bonds. The summed E-state index contributed by atoms with van der Waals surface area (Å²) in [7, 11) is 0. The number of benzene rings is 1. The van der Waals surface area contributed by atoms with Gasteiger partial charge < -0.3 is 15.5 Å². The van der Waals surface area contributed by atoms with E-state index in [4.69, 9.17) is 11.6 Å². The number of hydrogen-bond donors (Lipinski definition) is 2. The monoisotopic (exact) mass is 488 g/mol. The van der Waals surface area contributed by atoms with Crippen molar-refractivity contribution < 1.29 is 9.59 Å². The van der Waals surface area contributed by atoms with Gasteiger partial charge in [-0.3, -0.25) is 19.0 Å². The summed E-state index contributed by atoms with van der Waals surface area (Å²) in [6, 6.07) is 5.26. The van der Waals surface area contributed by atoms with E-state index in [2.05, 4.69) is 25.5 Å². The van der Waals surface area contributed by atoms with E-state index in [1.54, 1.807) is 18.2 Å². The second kappa shape index (κ2) is 9.88. The molecule has 33 heavy (non-hydrogen) atoms. The van der Waals surface area contributed by atoms with Gasteiger partial charge in [0.05, 0.1) is 0 Å². The number of aromatic nitrogens is 3. The molecule has 1 fully saturated rings. The van der Waals surface area contributed by atoms with Crippen LogP contribution in [-0.2, 0) is 16.1 Å². The van der Waals surface area contributed by atoms with Crippen LogP contribution in [-0.4, -0.2) is 46.0 Å². The largest absolute Gasteiger partial charge is 0.356 e. The van der Waals surface area contributed by atoms with Crippen LogP contribution in [0.4, 0.5) is 10.8 Å². The Labute approximate surface area is 199 Å². The minimum atomic E-state index is -0.346. The zero-order valence-corrected chi connectivity index (χ0v) is 20.0. The maximum Gasteiger partial charge on any atom is 0.273 e. The SMILES string of the molecule is CCNC(=O)C1CCN(c2nc3ncn(CC(=O)Nc4cccc(Cl)c4C)c(=O)c3s2)CC1. The number of rotatable bonds is 6. The molecule has 0 spiro atoms. The summed E-state index contributed by atoms with van der Waals surface area (Å²) in [6.07, 6.45) is 2.82. The fourth-order valence-electron chi connectivity index (χ4n) is 3.82. The van der Waals surface area contributed by atoms with Gasteiger partial charge in [-0.05, 0) is 44.4 Å². The van der Waals surface area contributed by atoms with Gasteiger partial charge in [-0.15, -0.1) is 0 Å². The molecule has 1 aromatic carbocycles. The first-order valence-electron chi connectivity index (χ1n) is 10.8. The zero-order valence-electron chi connectivity index (χ0n) is 18.4. The van der Waals surface area contributed by atoms with Crippen LogP contribution in [0, 0.1) is 12.8 Å². The first-order chi connectivity index (χ1) is 15.9. The molecule has 2 aromatic heterocycles. The fraction of sp³-hybridized carbons (Fsp3) is 0.409. The van der Waals surface area contributed by atoms with Crippen molar-refractivity contribution in [3.63, 3.8) is 0 Å².